The Morgan fingerprint density at radius 3 is 2.85 bits per heavy atom. The number of nitrogens with one attached hydrogen (secondary N) is 1. The van der Waals surface area contributed by atoms with Crippen LogP contribution in [-0.2, 0) is 21.6 Å². The second kappa shape index (κ2) is 4.32. The van der Waals surface area contributed by atoms with Crippen LogP contribution in [0.4, 0.5) is 5.69 Å². The number of hydrogen-bond acceptors (Lipinski definition) is 5. The molecule has 20 heavy (non-hydrogen) atoms. The van der Waals surface area contributed by atoms with E-state index in [2.05, 4.69) is 10.3 Å². The third kappa shape index (κ3) is 1.66. The van der Waals surface area contributed by atoms with E-state index in [9.17, 15) is 14.7 Å². The number of carbonyl (C=O) groups is 2. The SMILES string of the molecule is CCc1ccc2c(c1)[C@](O)([C@H]1SC(N)=NC1=O)C(=O)N2. The third-order valence-corrected chi connectivity index (χ3v) is 4.67. The fourth-order valence-corrected chi connectivity index (χ4v) is 3.41. The number of aliphatic hydroxyl groups is 1. The van der Waals surface area contributed by atoms with Crippen LogP contribution < -0.4 is 11.1 Å². The van der Waals surface area contributed by atoms with Crippen LogP contribution in [0.5, 0.6) is 0 Å². The number of hydrogen-bond donors (Lipinski definition) is 3. The molecule has 2 aliphatic rings. The Kier molecular flexibility index (Phi) is 2.84. The van der Waals surface area contributed by atoms with Gasteiger partial charge in [-0.2, -0.15) is 4.99 Å². The van der Waals surface area contributed by atoms with Crippen molar-refractivity contribution in [3.05, 3.63) is 29.3 Å². The molecule has 2 atom stereocenters. The van der Waals surface area contributed by atoms with E-state index in [4.69, 9.17) is 5.73 Å². The molecule has 1 aromatic rings. The van der Waals surface area contributed by atoms with Crippen LogP contribution in [0.15, 0.2) is 23.2 Å². The summed E-state index contributed by atoms with van der Waals surface area (Å²) in [5, 5.41) is 12.5. The third-order valence-electron chi connectivity index (χ3n) is 3.56. The van der Waals surface area contributed by atoms with E-state index >= 15 is 0 Å². The molecule has 104 valence electrons. The number of nitrogens with zero attached hydrogens (tertiary/aromatic N) is 1. The van der Waals surface area contributed by atoms with E-state index < -0.39 is 22.7 Å². The summed E-state index contributed by atoms with van der Waals surface area (Å²) in [6.45, 7) is 1.97. The number of amides is 2. The molecule has 2 aliphatic heterocycles. The van der Waals surface area contributed by atoms with Gasteiger partial charge < -0.3 is 16.2 Å². The summed E-state index contributed by atoms with van der Waals surface area (Å²) >= 11 is 0.918. The van der Waals surface area contributed by atoms with Gasteiger partial charge in [0, 0.05) is 11.3 Å². The molecule has 0 fully saturated rings. The van der Waals surface area contributed by atoms with Crippen molar-refractivity contribution in [1.29, 1.82) is 0 Å². The first-order valence-corrected chi connectivity index (χ1v) is 7.06. The number of rotatable bonds is 2. The van der Waals surface area contributed by atoms with Gasteiger partial charge in [-0.05, 0) is 18.1 Å². The maximum atomic E-state index is 12.2. The van der Waals surface area contributed by atoms with Crippen molar-refractivity contribution in [3.63, 3.8) is 0 Å². The van der Waals surface area contributed by atoms with Crippen LogP contribution >= 0.6 is 11.8 Å². The first kappa shape index (κ1) is 13.1. The summed E-state index contributed by atoms with van der Waals surface area (Å²) in [4.78, 5) is 27.6. The number of carbonyl (C=O) groups excluding carboxylic acids is 2. The van der Waals surface area contributed by atoms with Crippen LogP contribution in [0.2, 0.25) is 0 Å². The van der Waals surface area contributed by atoms with Gasteiger partial charge in [-0.15, -0.1) is 0 Å². The minimum Gasteiger partial charge on any atom is -0.378 e. The zero-order chi connectivity index (χ0) is 14.5. The fourth-order valence-electron chi connectivity index (χ4n) is 2.46. The van der Waals surface area contributed by atoms with Gasteiger partial charge in [-0.1, -0.05) is 30.8 Å². The number of anilines is 1. The van der Waals surface area contributed by atoms with Crippen molar-refractivity contribution in [3.8, 4) is 0 Å². The topological polar surface area (TPSA) is 105 Å². The molecule has 0 saturated carbocycles. The van der Waals surface area contributed by atoms with Crippen LogP contribution in [0, 0.1) is 0 Å². The summed E-state index contributed by atoms with van der Waals surface area (Å²) < 4.78 is 0. The van der Waals surface area contributed by atoms with E-state index in [1.165, 1.54) is 0 Å². The minimum absolute atomic E-state index is 0.0707. The molecule has 0 bridgehead atoms. The van der Waals surface area contributed by atoms with Gasteiger partial charge in [-0.3, -0.25) is 9.59 Å². The molecule has 1 aromatic carbocycles. The molecular formula is C13H13N3O3S. The molecule has 0 spiro atoms. The zero-order valence-electron chi connectivity index (χ0n) is 10.7. The summed E-state index contributed by atoms with van der Waals surface area (Å²) in [6, 6.07) is 5.35. The van der Waals surface area contributed by atoms with Gasteiger partial charge >= 0.3 is 0 Å². The largest absolute Gasteiger partial charge is 0.378 e. The van der Waals surface area contributed by atoms with Gasteiger partial charge in [0.25, 0.3) is 11.8 Å². The van der Waals surface area contributed by atoms with E-state index in [1.54, 1.807) is 12.1 Å². The van der Waals surface area contributed by atoms with E-state index in [0.29, 0.717) is 11.3 Å². The van der Waals surface area contributed by atoms with Crippen LogP contribution in [0.1, 0.15) is 18.1 Å². The molecule has 2 amide bonds. The average Bonchev–Trinajstić information content (AvgIpc) is 2.88. The highest BCUT2D eigenvalue weighted by Gasteiger charge is 2.56. The summed E-state index contributed by atoms with van der Waals surface area (Å²) in [5.74, 6) is -1.20. The number of amidine groups is 1. The molecule has 0 saturated heterocycles. The maximum absolute atomic E-state index is 12.2. The molecule has 7 heteroatoms. The van der Waals surface area contributed by atoms with Gasteiger partial charge in [0.15, 0.2) is 10.8 Å². The zero-order valence-corrected chi connectivity index (χ0v) is 11.5. The molecule has 0 aliphatic carbocycles. The number of benzene rings is 1. The number of aliphatic imine (C=N–C) groups is 1. The lowest BCUT2D eigenvalue weighted by molar-refractivity contribution is -0.138. The predicted octanol–water partition coefficient (Wildman–Crippen LogP) is 0.345. The minimum atomic E-state index is -1.92. The molecular weight excluding hydrogens is 278 g/mol. The monoisotopic (exact) mass is 291 g/mol. The molecule has 0 radical (unpaired) electrons. The quantitative estimate of drug-likeness (QED) is 0.729. The maximum Gasteiger partial charge on any atom is 0.265 e. The van der Waals surface area contributed by atoms with Gasteiger partial charge in [0.2, 0.25) is 0 Å². The lowest BCUT2D eigenvalue weighted by Gasteiger charge is -2.25. The van der Waals surface area contributed by atoms with Gasteiger partial charge in [-0.25, -0.2) is 0 Å². The van der Waals surface area contributed by atoms with Crippen molar-refractivity contribution < 1.29 is 14.7 Å². The fraction of sp³-hybridized carbons (Fsp3) is 0.308. The molecule has 2 heterocycles. The van der Waals surface area contributed by atoms with E-state index in [0.717, 1.165) is 23.7 Å². The molecule has 3 rings (SSSR count). The first-order valence-electron chi connectivity index (χ1n) is 6.18. The second-order valence-electron chi connectivity index (χ2n) is 4.74. The Labute approximate surface area is 119 Å². The highest BCUT2D eigenvalue weighted by atomic mass is 32.2. The number of fused-ring (bicyclic) bond motifs is 1. The van der Waals surface area contributed by atoms with Crippen molar-refractivity contribution in [2.24, 2.45) is 10.7 Å². The molecule has 6 nitrogen and oxygen atoms in total. The van der Waals surface area contributed by atoms with Crippen molar-refractivity contribution in [2.75, 3.05) is 5.32 Å². The summed E-state index contributed by atoms with van der Waals surface area (Å²) in [6.07, 6.45) is 0.766. The Morgan fingerprint density at radius 1 is 1.50 bits per heavy atom. The Bertz CT molecular complexity index is 658. The average molecular weight is 291 g/mol. The normalized spacial score (nSPS) is 28.3. The molecule has 0 unspecified atom stereocenters. The van der Waals surface area contributed by atoms with Crippen LogP contribution in [-0.4, -0.2) is 27.3 Å². The van der Waals surface area contributed by atoms with Crippen molar-refractivity contribution in [1.82, 2.24) is 0 Å². The number of thioether (sulfide) groups is 1. The Balaban J connectivity index is 2.11. The van der Waals surface area contributed by atoms with Crippen molar-refractivity contribution >= 4 is 34.4 Å². The smallest absolute Gasteiger partial charge is 0.265 e. The molecule has 0 aromatic heterocycles. The number of nitrogens with two attached hydrogens (primary N) is 1. The first-order chi connectivity index (χ1) is 9.46. The van der Waals surface area contributed by atoms with Gasteiger partial charge in [0.1, 0.15) is 5.25 Å². The van der Waals surface area contributed by atoms with E-state index in [-0.39, 0.29) is 5.17 Å². The Hall–Kier alpha value is -1.86. The molecule has 4 N–H and O–H groups in total. The standard InChI is InChI=1S/C13H13N3O3S/c1-2-6-3-4-8-7(5-6)13(19,11(18)15-8)9-10(17)16-12(14)20-9/h3-5,9,19H,2H2,1H3,(H,15,18)(H2,14,16,17)/t9-,13-/m0/s1. The van der Waals surface area contributed by atoms with E-state index in [1.807, 2.05) is 13.0 Å². The van der Waals surface area contributed by atoms with Gasteiger partial charge in [0.05, 0.1) is 0 Å². The van der Waals surface area contributed by atoms with Crippen molar-refractivity contribution in [2.45, 2.75) is 24.2 Å². The highest BCUT2D eigenvalue weighted by molar-refractivity contribution is 8.15. The van der Waals surface area contributed by atoms with Crippen LogP contribution in [0.3, 0.4) is 0 Å². The lowest BCUT2D eigenvalue weighted by atomic mass is 9.89. The van der Waals surface area contributed by atoms with Crippen LogP contribution in [0.25, 0.3) is 0 Å². The second-order valence-corrected chi connectivity index (χ2v) is 5.87. The predicted molar refractivity (Wildman–Crippen MR) is 76.4 cm³/mol. The lowest BCUT2D eigenvalue weighted by Crippen LogP contribution is -2.46. The summed E-state index contributed by atoms with van der Waals surface area (Å²) in [5.41, 5.74) is 5.50. The number of aryl methyl sites for hydroxylation is 1. The Morgan fingerprint density at radius 2 is 2.25 bits per heavy atom. The highest BCUT2D eigenvalue weighted by Crippen LogP contribution is 2.45. The summed E-state index contributed by atoms with van der Waals surface area (Å²) in [7, 11) is 0.